The Labute approximate surface area is 127 Å². The third-order valence-electron chi connectivity index (χ3n) is 2.78. The van der Waals surface area contributed by atoms with Crippen molar-refractivity contribution in [3.63, 3.8) is 0 Å². The molecule has 0 amide bonds. The first kappa shape index (κ1) is 16.4. The molecule has 19 heavy (non-hydrogen) atoms. The molecule has 0 fully saturated rings. The zero-order valence-corrected chi connectivity index (χ0v) is 14.0. The Hall–Kier alpha value is -0.687. The third kappa shape index (κ3) is 2.92. The van der Waals surface area contributed by atoms with Gasteiger partial charge in [0, 0.05) is 0 Å². The molecule has 104 valence electrons. The number of aromatic nitrogens is 1. The van der Waals surface area contributed by atoms with Crippen LogP contribution in [0.2, 0.25) is 0 Å². The van der Waals surface area contributed by atoms with E-state index in [1.54, 1.807) is 0 Å². The Morgan fingerprint density at radius 3 is 1.63 bits per heavy atom. The van der Waals surface area contributed by atoms with Crippen molar-refractivity contribution >= 4 is 45.9 Å². The summed E-state index contributed by atoms with van der Waals surface area (Å²) in [5.74, 6) is 0. The van der Waals surface area contributed by atoms with Gasteiger partial charge < -0.3 is 14.9 Å². The molecule has 0 aliphatic carbocycles. The molecular formula is C15H15Cl2NRu-2. The fraction of sp³-hybridized carbons (Fsp3) is 0. The molecule has 2 aromatic carbocycles. The van der Waals surface area contributed by atoms with Crippen molar-refractivity contribution < 1.29 is 13.5 Å². The number of hydrogen-bond acceptors (Lipinski definition) is 0. The van der Waals surface area contributed by atoms with E-state index >= 15 is 0 Å². The zero-order valence-electron chi connectivity index (χ0n) is 10.8. The maximum absolute atomic E-state index is 6.00. The molecule has 3 rings (SSSR count). The molecule has 1 heterocycles. The van der Waals surface area contributed by atoms with Gasteiger partial charge in [-0.25, -0.2) is 0 Å². The molecule has 0 N–H and O–H groups in total. The van der Waals surface area contributed by atoms with Gasteiger partial charge in [0.1, 0.15) is 0 Å². The normalized spacial score (nSPS) is 10.7. The molecule has 0 saturated heterocycles. The van der Waals surface area contributed by atoms with E-state index in [4.69, 9.17) is 19.4 Å². The van der Waals surface area contributed by atoms with E-state index in [0.717, 1.165) is 11.0 Å². The van der Waals surface area contributed by atoms with Gasteiger partial charge in [0.2, 0.25) is 0 Å². The quantitative estimate of drug-likeness (QED) is 0.402. The van der Waals surface area contributed by atoms with Crippen LogP contribution < -0.4 is 0 Å². The summed E-state index contributed by atoms with van der Waals surface area (Å²) in [6, 6.07) is 16.6. The molecule has 0 bridgehead atoms. The number of nitrogens with zero attached hydrogens (tertiary/aromatic N) is 1. The van der Waals surface area contributed by atoms with Gasteiger partial charge in [-0.2, -0.15) is 0 Å². The van der Waals surface area contributed by atoms with Gasteiger partial charge >= 0.3 is 113 Å². The van der Waals surface area contributed by atoms with E-state index in [1.807, 2.05) is 16.9 Å². The van der Waals surface area contributed by atoms with E-state index in [-0.39, 0.29) is 14.9 Å². The molecular weight excluding hydrogens is 366 g/mol. The molecule has 0 aliphatic heterocycles. The molecule has 0 spiro atoms. The molecule has 1 nitrogen and oxygen atoms in total. The van der Waals surface area contributed by atoms with E-state index in [2.05, 4.69) is 41.0 Å². The van der Waals surface area contributed by atoms with Gasteiger partial charge in [0.25, 0.3) is 0 Å². The maximum atomic E-state index is 6.00. The van der Waals surface area contributed by atoms with Crippen LogP contribution in [0.5, 0.6) is 0 Å². The number of rotatable bonds is 1. The van der Waals surface area contributed by atoms with Crippen molar-refractivity contribution in [3.05, 3.63) is 63.4 Å². The van der Waals surface area contributed by atoms with Gasteiger partial charge in [-0.15, -0.1) is 0 Å². The van der Waals surface area contributed by atoms with E-state index in [1.165, 1.54) is 10.8 Å². The third-order valence-corrected chi connectivity index (χ3v) is 4.38. The van der Waals surface area contributed by atoms with Crippen molar-refractivity contribution in [2.24, 2.45) is 0 Å². The second-order valence-electron chi connectivity index (χ2n) is 3.70. The number of fused-ring (bicyclic) bond motifs is 3. The zero-order chi connectivity index (χ0) is 11.8. The van der Waals surface area contributed by atoms with E-state index < -0.39 is 13.5 Å². The van der Waals surface area contributed by atoms with Gasteiger partial charge in [0.15, 0.2) is 0 Å². The predicted octanol–water partition coefficient (Wildman–Crippen LogP) is 5.23. The Kier molecular flexibility index (Phi) is 5.73. The molecule has 0 saturated carbocycles. The molecule has 1 aromatic heterocycles. The van der Waals surface area contributed by atoms with Crippen LogP contribution in [0.1, 0.15) is 0 Å². The standard InChI is InChI=1S/C13H9N.2CH3.2ClH.Ru/c1-14-12-8-4-2-6-10(12)11-7-3-5-9-13(11)14;;;;;/h1-9H;2*1H3;2*1H;/q;2*-1;;;+2/p-2. The molecule has 0 aliphatic rings. The number of para-hydroxylation sites is 2. The van der Waals surface area contributed by atoms with Crippen LogP contribution >= 0.6 is 19.4 Å². The minimum atomic E-state index is -1.84. The first-order chi connectivity index (χ1) is 8.27. The summed E-state index contributed by atoms with van der Waals surface area (Å²) in [5.41, 5.74) is 2.32. The van der Waals surface area contributed by atoms with Crippen LogP contribution in [0.25, 0.3) is 21.8 Å². The summed E-state index contributed by atoms with van der Waals surface area (Å²) in [7, 11) is 12.0. The molecule has 0 radical (unpaired) electrons. The first-order valence-corrected chi connectivity index (χ1v) is 10.6. The summed E-state index contributed by atoms with van der Waals surface area (Å²) >= 11 is -1.84. The minimum absolute atomic E-state index is 0. The SMILES string of the molecule is [CH3-].[CH3-].[Cl][Ru]([Cl])=[CH]n1c2ccccc2c2ccccc21. The summed E-state index contributed by atoms with van der Waals surface area (Å²) in [6.45, 7) is 0. The van der Waals surface area contributed by atoms with Crippen molar-refractivity contribution in [3.8, 4) is 0 Å². The number of hydrogen-bond donors (Lipinski definition) is 0. The number of halogens is 2. The van der Waals surface area contributed by atoms with E-state index in [9.17, 15) is 0 Å². The van der Waals surface area contributed by atoms with Crippen molar-refractivity contribution in [1.29, 1.82) is 0 Å². The van der Waals surface area contributed by atoms with Crippen molar-refractivity contribution in [2.45, 2.75) is 0 Å². The Balaban J connectivity index is 0.000000902. The van der Waals surface area contributed by atoms with Gasteiger partial charge in [-0.1, -0.05) is 0 Å². The summed E-state index contributed by atoms with van der Waals surface area (Å²) < 4.78 is 4.07. The molecule has 3 aromatic rings. The van der Waals surface area contributed by atoms with Gasteiger partial charge in [0.05, 0.1) is 0 Å². The van der Waals surface area contributed by atoms with Crippen LogP contribution in [-0.4, -0.2) is 9.30 Å². The number of benzene rings is 2. The Morgan fingerprint density at radius 2 is 1.21 bits per heavy atom. The van der Waals surface area contributed by atoms with Crippen LogP contribution in [-0.2, 0) is 13.5 Å². The summed E-state index contributed by atoms with van der Waals surface area (Å²) in [5, 5.41) is 2.48. The van der Waals surface area contributed by atoms with Crippen molar-refractivity contribution in [2.75, 3.05) is 0 Å². The van der Waals surface area contributed by atoms with Crippen LogP contribution in [0.15, 0.2) is 48.5 Å². The van der Waals surface area contributed by atoms with Crippen LogP contribution in [0.3, 0.4) is 0 Å². The molecule has 0 atom stereocenters. The Morgan fingerprint density at radius 1 is 0.789 bits per heavy atom. The average Bonchev–Trinajstić information content (AvgIpc) is 2.65. The first-order valence-electron chi connectivity index (χ1n) is 5.08. The van der Waals surface area contributed by atoms with Gasteiger partial charge in [-0.05, 0) is 0 Å². The predicted molar refractivity (Wildman–Crippen MR) is 85.4 cm³/mol. The second-order valence-corrected chi connectivity index (χ2v) is 9.37. The van der Waals surface area contributed by atoms with Gasteiger partial charge in [-0.3, -0.25) is 0 Å². The van der Waals surface area contributed by atoms with Crippen LogP contribution in [0, 0.1) is 14.9 Å². The topological polar surface area (TPSA) is 4.93 Å². The van der Waals surface area contributed by atoms with Crippen molar-refractivity contribution in [1.82, 2.24) is 4.57 Å². The fourth-order valence-corrected chi connectivity index (χ4v) is 3.76. The summed E-state index contributed by atoms with van der Waals surface area (Å²) in [6.07, 6.45) is 0. The summed E-state index contributed by atoms with van der Waals surface area (Å²) in [4.78, 5) is 0. The van der Waals surface area contributed by atoms with Crippen LogP contribution in [0.4, 0.5) is 0 Å². The monoisotopic (exact) mass is 381 g/mol. The molecule has 0 unspecified atom stereocenters. The fourth-order valence-electron chi connectivity index (χ4n) is 2.12. The Bertz CT molecular complexity index is 674. The average molecular weight is 381 g/mol. The van der Waals surface area contributed by atoms with E-state index in [0.29, 0.717) is 0 Å². The second kappa shape index (κ2) is 6.65. The molecule has 4 heteroatoms.